The Morgan fingerprint density at radius 2 is 1.18 bits per heavy atom. The normalized spacial score (nSPS) is 22.6. The quantitative estimate of drug-likeness (QED) is 0.171. The Hall–Kier alpha value is -4.95. The predicted octanol–water partition coefficient (Wildman–Crippen LogP) is 11.5. The summed E-state index contributed by atoms with van der Waals surface area (Å²) in [6.07, 6.45) is 8.68. The summed E-state index contributed by atoms with van der Waals surface area (Å²) in [5.74, 6) is 0.415. The minimum absolute atomic E-state index is 0.0804. The van der Waals surface area contributed by atoms with Crippen LogP contribution >= 0.6 is 23.1 Å². The molecule has 3 N–H and O–H groups in total. The van der Waals surface area contributed by atoms with Gasteiger partial charge in [0.2, 0.25) is 0 Å². The lowest BCUT2D eigenvalue weighted by molar-refractivity contribution is 0.203. The second kappa shape index (κ2) is 11.8. The summed E-state index contributed by atoms with van der Waals surface area (Å²) < 4.78 is 9.67. The van der Waals surface area contributed by atoms with E-state index in [4.69, 9.17) is 4.42 Å². The molecule has 1 aliphatic carbocycles. The van der Waals surface area contributed by atoms with Crippen LogP contribution in [0.3, 0.4) is 0 Å². The van der Waals surface area contributed by atoms with Gasteiger partial charge in [0.15, 0.2) is 0 Å². The number of thioether (sulfide) groups is 1. The minimum Gasteiger partial charge on any atom is -0.455 e. The van der Waals surface area contributed by atoms with Crippen molar-refractivity contribution < 1.29 is 4.42 Å². The van der Waals surface area contributed by atoms with E-state index in [0.29, 0.717) is 11.2 Å². The third kappa shape index (κ3) is 4.79. The maximum atomic E-state index is 7.04. The number of para-hydroxylation sites is 2. The summed E-state index contributed by atoms with van der Waals surface area (Å²) in [5, 5.41) is 17.0. The van der Waals surface area contributed by atoms with Crippen LogP contribution in [0.1, 0.15) is 46.7 Å². The molecule has 246 valence electrons. The number of hydrogen-bond donors (Lipinski definition) is 3. The molecular weight excluding hydrogens is 663 g/mol. The molecule has 6 heteroatoms. The Balaban J connectivity index is 1.03. The van der Waals surface area contributed by atoms with E-state index in [1.807, 2.05) is 23.1 Å². The van der Waals surface area contributed by atoms with Crippen molar-refractivity contribution in [3.05, 3.63) is 174 Å². The van der Waals surface area contributed by atoms with E-state index in [1.165, 1.54) is 47.3 Å². The summed E-state index contributed by atoms with van der Waals surface area (Å²) in [5.41, 5.74) is 9.15. The van der Waals surface area contributed by atoms with Crippen LogP contribution in [-0.4, -0.2) is 5.25 Å². The van der Waals surface area contributed by atoms with Gasteiger partial charge in [0, 0.05) is 58.1 Å². The highest BCUT2D eigenvalue weighted by molar-refractivity contribution is 8.00. The Labute approximate surface area is 303 Å². The topological polar surface area (TPSA) is 49.2 Å². The highest BCUT2D eigenvalue weighted by atomic mass is 32.2. The second-order valence-corrected chi connectivity index (χ2v) is 15.9. The lowest BCUT2D eigenvalue weighted by Gasteiger charge is -2.39. The summed E-state index contributed by atoms with van der Waals surface area (Å²) in [6, 6.07) is 46.2. The van der Waals surface area contributed by atoms with Crippen molar-refractivity contribution in [2.24, 2.45) is 0 Å². The molecule has 2 aliphatic heterocycles. The van der Waals surface area contributed by atoms with E-state index in [9.17, 15) is 0 Å². The van der Waals surface area contributed by atoms with Crippen LogP contribution in [0.15, 0.2) is 161 Å². The number of fused-ring (bicyclic) bond motifs is 9. The van der Waals surface area contributed by atoms with Crippen molar-refractivity contribution in [3.63, 3.8) is 0 Å². The molecule has 1 saturated heterocycles. The van der Waals surface area contributed by atoms with Gasteiger partial charge in [-0.1, -0.05) is 133 Å². The Morgan fingerprint density at radius 1 is 0.490 bits per heavy atom. The molecule has 0 saturated carbocycles. The molecule has 0 spiro atoms. The fourth-order valence-electron chi connectivity index (χ4n) is 8.34. The SMILES string of the molecule is C1=CC2Sc3c(-c4cccc5c4oc4c(C6NC(c7ccccc7)NC(c7ccc8sc9ccccc9c8c7)N6)cccc45)cccc3C2C=C1. The number of allylic oxidation sites excluding steroid dienone is 3. The van der Waals surface area contributed by atoms with Crippen LogP contribution in [0.4, 0.5) is 0 Å². The first kappa shape index (κ1) is 29.7. The maximum Gasteiger partial charge on any atom is 0.143 e. The van der Waals surface area contributed by atoms with Gasteiger partial charge in [0.25, 0.3) is 0 Å². The van der Waals surface area contributed by atoms with Crippen LogP contribution in [-0.2, 0) is 0 Å². The summed E-state index contributed by atoms with van der Waals surface area (Å²) in [7, 11) is 0. The molecule has 0 amide bonds. The molecule has 8 aromatic rings. The van der Waals surface area contributed by atoms with Crippen LogP contribution in [0.2, 0.25) is 0 Å². The lowest BCUT2D eigenvalue weighted by atomic mass is 9.90. The van der Waals surface area contributed by atoms with Gasteiger partial charge in [-0.05, 0) is 40.5 Å². The molecule has 2 aromatic heterocycles. The zero-order valence-electron chi connectivity index (χ0n) is 27.5. The van der Waals surface area contributed by atoms with Crippen LogP contribution < -0.4 is 16.0 Å². The van der Waals surface area contributed by atoms with E-state index in [1.54, 1.807) is 0 Å². The van der Waals surface area contributed by atoms with Gasteiger partial charge in [0.1, 0.15) is 11.2 Å². The Morgan fingerprint density at radius 3 is 2.10 bits per heavy atom. The molecule has 1 fully saturated rings. The highest BCUT2D eigenvalue weighted by Gasteiger charge is 2.34. The van der Waals surface area contributed by atoms with E-state index >= 15 is 0 Å². The lowest BCUT2D eigenvalue weighted by Crippen LogP contribution is -2.54. The fourth-order valence-corrected chi connectivity index (χ4v) is 10.9. The highest BCUT2D eigenvalue weighted by Crippen LogP contribution is 2.53. The number of thiophene rings is 1. The zero-order valence-corrected chi connectivity index (χ0v) is 29.2. The van der Waals surface area contributed by atoms with Crippen molar-refractivity contribution in [2.75, 3.05) is 0 Å². The minimum atomic E-state index is -0.178. The van der Waals surface area contributed by atoms with Crippen molar-refractivity contribution in [1.29, 1.82) is 0 Å². The van der Waals surface area contributed by atoms with Crippen LogP contribution in [0.5, 0.6) is 0 Å². The van der Waals surface area contributed by atoms with Gasteiger partial charge in [-0.25, -0.2) is 0 Å². The Bertz CT molecular complexity index is 2710. The number of rotatable bonds is 4. The van der Waals surface area contributed by atoms with Crippen LogP contribution in [0.25, 0.3) is 53.2 Å². The van der Waals surface area contributed by atoms with Crippen LogP contribution in [0, 0.1) is 0 Å². The third-order valence-electron chi connectivity index (χ3n) is 10.8. The molecule has 11 rings (SSSR count). The third-order valence-corrected chi connectivity index (χ3v) is 13.3. The second-order valence-electron chi connectivity index (χ2n) is 13.7. The molecule has 0 bridgehead atoms. The van der Waals surface area contributed by atoms with E-state index in [0.717, 1.165) is 33.1 Å². The van der Waals surface area contributed by atoms with Crippen molar-refractivity contribution in [1.82, 2.24) is 16.0 Å². The smallest absolute Gasteiger partial charge is 0.143 e. The molecule has 0 radical (unpaired) electrons. The molecule has 4 heterocycles. The Kier molecular flexibility index (Phi) is 6.89. The van der Waals surface area contributed by atoms with Crippen molar-refractivity contribution >= 4 is 65.2 Å². The standard InChI is InChI=1S/C45H33N3OS2/c1-2-11-26(12-3-1)43-46-44(27-23-24-39-36(25-27)29-14-5-6-21-37(29)50-39)48-45(47-43)35-20-9-16-31-30-15-8-17-32(40(30)49-41(31)35)34-19-10-18-33-28-13-4-7-22-38(28)51-42(33)34/h1-25,28,38,43-48H. The van der Waals surface area contributed by atoms with Gasteiger partial charge in [-0.2, -0.15) is 0 Å². The fraction of sp³-hybridized carbons (Fsp3) is 0.111. The summed E-state index contributed by atoms with van der Waals surface area (Å²) >= 11 is 3.83. The van der Waals surface area contributed by atoms with Gasteiger partial charge in [-0.3, -0.25) is 16.0 Å². The number of nitrogens with one attached hydrogen (secondary N) is 3. The van der Waals surface area contributed by atoms with Gasteiger partial charge < -0.3 is 4.42 Å². The summed E-state index contributed by atoms with van der Waals surface area (Å²) in [4.78, 5) is 1.36. The first-order valence-electron chi connectivity index (χ1n) is 17.6. The van der Waals surface area contributed by atoms with E-state index in [2.05, 4.69) is 168 Å². The number of hydrogen-bond acceptors (Lipinski definition) is 6. The predicted molar refractivity (Wildman–Crippen MR) is 213 cm³/mol. The summed E-state index contributed by atoms with van der Waals surface area (Å²) in [6.45, 7) is 0. The molecular formula is C45H33N3OS2. The molecule has 3 aliphatic rings. The van der Waals surface area contributed by atoms with Gasteiger partial charge in [0.05, 0.1) is 18.5 Å². The first-order chi connectivity index (χ1) is 25.3. The van der Waals surface area contributed by atoms with Gasteiger partial charge >= 0.3 is 0 Å². The molecule has 5 unspecified atom stereocenters. The monoisotopic (exact) mass is 695 g/mol. The first-order valence-corrected chi connectivity index (χ1v) is 19.3. The average Bonchev–Trinajstić information content (AvgIpc) is 3.89. The van der Waals surface area contributed by atoms with E-state index in [-0.39, 0.29) is 18.5 Å². The van der Waals surface area contributed by atoms with E-state index < -0.39 is 0 Å². The van der Waals surface area contributed by atoms with Gasteiger partial charge in [-0.15, -0.1) is 23.1 Å². The molecule has 6 aromatic carbocycles. The zero-order chi connectivity index (χ0) is 33.5. The molecule has 5 atom stereocenters. The molecule has 51 heavy (non-hydrogen) atoms. The number of benzene rings is 6. The van der Waals surface area contributed by atoms with Crippen molar-refractivity contribution in [3.8, 4) is 11.1 Å². The largest absolute Gasteiger partial charge is 0.455 e. The molecule has 4 nitrogen and oxygen atoms in total. The van der Waals surface area contributed by atoms with Crippen molar-refractivity contribution in [2.45, 2.75) is 34.6 Å². The maximum absolute atomic E-state index is 7.04. The average molecular weight is 696 g/mol. The number of furan rings is 1.